The number of esters is 1. The number of nitrogens with zero attached hydrogens (tertiary/aromatic N) is 4. The molecular formula is C16H17N5O3S. The highest BCUT2D eigenvalue weighted by Gasteiger charge is 2.21. The number of carbonyl (C=O) groups is 2. The van der Waals surface area contributed by atoms with E-state index in [0.717, 1.165) is 17.0 Å². The largest absolute Gasteiger partial charge is 0.462 e. The van der Waals surface area contributed by atoms with Gasteiger partial charge in [0.1, 0.15) is 5.00 Å². The maximum absolute atomic E-state index is 12.5. The zero-order chi connectivity index (χ0) is 18.0. The van der Waals surface area contributed by atoms with E-state index >= 15 is 0 Å². The van der Waals surface area contributed by atoms with Crippen molar-refractivity contribution in [1.29, 1.82) is 0 Å². The van der Waals surface area contributed by atoms with Crippen molar-refractivity contribution < 1.29 is 14.3 Å². The van der Waals surface area contributed by atoms with Crippen molar-refractivity contribution in [3.63, 3.8) is 0 Å². The predicted octanol–water partition coefficient (Wildman–Crippen LogP) is 2.49. The first-order valence-electron chi connectivity index (χ1n) is 7.83. The molecule has 0 aromatic carbocycles. The third-order valence-corrected chi connectivity index (χ3v) is 4.68. The van der Waals surface area contributed by atoms with Crippen molar-refractivity contribution in [2.45, 2.75) is 27.2 Å². The van der Waals surface area contributed by atoms with Gasteiger partial charge in [-0.2, -0.15) is 4.98 Å². The van der Waals surface area contributed by atoms with Gasteiger partial charge < -0.3 is 10.1 Å². The molecule has 0 aliphatic carbocycles. The third-order valence-electron chi connectivity index (χ3n) is 3.49. The van der Waals surface area contributed by atoms with E-state index in [1.165, 1.54) is 15.9 Å². The second kappa shape index (κ2) is 6.98. The van der Waals surface area contributed by atoms with Gasteiger partial charge in [0.25, 0.3) is 11.7 Å². The standard InChI is InChI=1S/C16H17N5O3S/c1-4-10-8-11(15(23)24-5-2)14(25-10)19-13(22)12-18-16-17-7-6-9(3)21(16)20-12/h6-8H,4-5H2,1-3H3,(H,19,22). The van der Waals surface area contributed by atoms with Gasteiger partial charge >= 0.3 is 5.97 Å². The average molecular weight is 359 g/mol. The molecule has 0 atom stereocenters. The SMILES string of the molecule is CCOC(=O)c1cc(CC)sc1NC(=O)c1nc2nccc(C)n2n1. The highest BCUT2D eigenvalue weighted by molar-refractivity contribution is 7.16. The Hall–Kier alpha value is -2.81. The molecular weight excluding hydrogens is 342 g/mol. The van der Waals surface area contributed by atoms with E-state index in [1.807, 2.05) is 13.8 Å². The molecule has 3 aromatic heterocycles. The molecule has 1 amide bonds. The van der Waals surface area contributed by atoms with E-state index in [0.29, 0.717) is 16.3 Å². The molecule has 3 rings (SSSR count). The third kappa shape index (κ3) is 3.36. The first-order valence-corrected chi connectivity index (χ1v) is 8.64. The normalized spacial score (nSPS) is 10.8. The molecule has 130 valence electrons. The Kier molecular flexibility index (Phi) is 4.75. The summed E-state index contributed by atoms with van der Waals surface area (Å²) >= 11 is 1.34. The zero-order valence-electron chi connectivity index (χ0n) is 14.1. The molecule has 0 bridgehead atoms. The summed E-state index contributed by atoms with van der Waals surface area (Å²) < 4.78 is 6.54. The summed E-state index contributed by atoms with van der Waals surface area (Å²) in [6, 6.07) is 3.51. The molecule has 0 fully saturated rings. The van der Waals surface area contributed by atoms with Gasteiger partial charge in [0, 0.05) is 16.8 Å². The molecule has 8 nitrogen and oxygen atoms in total. The van der Waals surface area contributed by atoms with E-state index in [9.17, 15) is 9.59 Å². The number of carbonyl (C=O) groups excluding carboxylic acids is 2. The second-order valence-electron chi connectivity index (χ2n) is 5.22. The van der Waals surface area contributed by atoms with Gasteiger partial charge in [-0.3, -0.25) is 4.79 Å². The molecule has 0 saturated heterocycles. The molecule has 3 aromatic rings. The van der Waals surface area contributed by atoms with E-state index in [2.05, 4.69) is 20.4 Å². The summed E-state index contributed by atoms with van der Waals surface area (Å²) in [5.74, 6) is -0.631. The van der Waals surface area contributed by atoms with Gasteiger partial charge in [-0.25, -0.2) is 14.3 Å². The summed E-state index contributed by atoms with van der Waals surface area (Å²) in [7, 11) is 0. The van der Waals surface area contributed by atoms with Crippen LogP contribution in [0, 0.1) is 6.92 Å². The molecule has 0 aliphatic rings. The van der Waals surface area contributed by atoms with Gasteiger partial charge in [-0.15, -0.1) is 16.4 Å². The monoisotopic (exact) mass is 359 g/mol. The number of aromatic nitrogens is 4. The van der Waals surface area contributed by atoms with Crippen molar-refractivity contribution in [1.82, 2.24) is 19.6 Å². The van der Waals surface area contributed by atoms with Crippen LogP contribution in [-0.4, -0.2) is 38.1 Å². The van der Waals surface area contributed by atoms with Crippen LogP contribution in [0.1, 0.15) is 45.4 Å². The molecule has 1 N–H and O–H groups in total. The average Bonchev–Trinajstić information content (AvgIpc) is 3.20. The quantitative estimate of drug-likeness (QED) is 0.703. The van der Waals surface area contributed by atoms with E-state index in [1.54, 1.807) is 25.3 Å². The number of fused-ring (bicyclic) bond motifs is 1. The Balaban J connectivity index is 1.90. The van der Waals surface area contributed by atoms with Crippen LogP contribution in [0.5, 0.6) is 0 Å². The highest BCUT2D eigenvalue weighted by Crippen LogP contribution is 2.29. The number of nitrogens with one attached hydrogen (secondary N) is 1. The lowest BCUT2D eigenvalue weighted by Crippen LogP contribution is -2.15. The molecule has 0 saturated carbocycles. The maximum atomic E-state index is 12.5. The molecule has 3 heterocycles. The van der Waals surface area contributed by atoms with Gasteiger partial charge in [-0.05, 0) is 32.4 Å². The van der Waals surface area contributed by atoms with Crippen LogP contribution in [0.4, 0.5) is 5.00 Å². The van der Waals surface area contributed by atoms with Crippen molar-refractivity contribution in [3.05, 3.63) is 40.3 Å². The summed E-state index contributed by atoms with van der Waals surface area (Å²) in [6.07, 6.45) is 2.36. The Morgan fingerprint density at radius 1 is 1.36 bits per heavy atom. The number of hydrogen-bond acceptors (Lipinski definition) is 7. The molecule has 0 radical (unpaired) electrons. The topological polar surface area (TPSA) is 98.5 Å². The summed E-state index contributed by atoms with van der Waals surface area (Å²) in [5.41, 5.74) is 1.16. The number of aryl methyl sites for hydroxylation is 2. The van der Waals surface area contributed by atoms with E-state index in [4.69, 9.17) is 4.74 Å². The molecule has 0 unspecified atom stereocenters. The maximum Gasteiger partial charge on any atom is 0.341 e. The summed E-state index contributed by atoms with van der Waals surface area (Å²) in [5, 5.41) is 7.31. The minimum Gasteiger partial charge on any atom is -0.462 e. The first kappa shape index (κ1) is 17.0. The fourth-order valence-corrected chi connectivity index (χ4v) is 3.21. The summed E-state index contributed by atoms with van der Waals surface area (Å²) in [6.45, 7) is 5.82. The van der Waals surface area contributed by atoms with Crippen LogP contribution in [-0.2, 0) is 11.2 Å². The molecule has 25 heavy (non-hydrogen) atoms. The molecule has 0 spiro atoms. The van der Waals surface area contributed by atoms with Crippen LogP contribution < -0.4 is 5.32 Å². The van der Waals surface area contributed by atoms with Crippen LogP contribution >= 0.6 is 11.3 Å². The smallest absolute Gasteiger partial charge is 0.341 e. The lowest BCUT2D eigenvalue weighted by atomic mass is 10.2. The zero-order valence-corrected chi connectivity index (χ0v) is 14.9. The fourth-order valence-electron chi connectivity index (χ4n) is 2.23. The number of hydrogen-bond donors (Lipinski definition) is 1. The Labute approximate surface area is 147 Å². The van der Waals surface area contributed by atoms with Gasteiger partial charge in [0.15, 0.2) is 0 Å². The van der Waals surface area contributed by atoms with Gasteiger partial charge in [0.05, 0.1) is 12.2 Å². The predicted molar refractivity (Wildman–Crippen MR) is 93.1 cm³/mol. The van der Waals surface area contributed by atoms with Crippen LogP contribution in [0.15, 0.2) is 18.3 Å². The van der Waals surface area contributed by atoms with Crippen LogP contribution in [0.3, 0.4) is 0 Å². The number of rotatable bonds is 5. The number of thiophene rings is 1. The lowest BCUT2D eigenvalue weighted by molar-refractivity contribution is 0.0528. The number of ether oxygens (including phenoxy) is 1. The van der Waals surface area contributed by atoms with Crippen molar-refractivity contribution in [2.24, 2.45) is 0 Å². The fraction of sp³-hybridized carbons (Fsp3) is 0.312. The van der Waals surface area contributed by atoms with Crippen LogP contribution in [0.25, 0.3) is 5.78 Å². The van der Waals surface area contributed by atoms with Gasteiger partial charge in [-0.1, -0.05) is 6.92 Å². The van der Waals surface area contributed by atoms with E-state index < -0.39 is 11.9 Å². The van der Waals surface area contributed by atoms with Crippen LogP contribution in [0.2, 0.25) is 0 Å². The minimum atomic E-state index is -0.500. The van der Waals surface area contributed by atoms with Crippen molar-refractivity contribution in [2.75, 3.05) is 11.9 Å². The van der Waals surface area contributed by atoms with Crippen molar-refractivity contribution >= 4 is 34.0 Å². The number of anilines is 1. The van der Waals surface area contributed by atoms with E-state index in [-0.39, 0.29) is 12.4 Å². The molecule has 0 aliphatic heterocycles. The first-order chi connectivity index (χ1) is 12.0. The van der Waals surface area contributed by atoms with Gasteiger partial charge in [0.2, 0.25) is 5.82 Å². The Morgan fingerprint density at radius 3 is 2.84 bits per heavy atom. The Bertz CT molecular complexity index is 947. The number of amides is 1. The Morgan fingerprint density at radius 2 is 2.16 bits per heavy atom. The lowest BCUT2D eigenvalue weighted by Gasteiger charge is -2.04. The van der Waals surface area contributed by atoms with Crippen molar-refractivity contribution in [3.8, 4) is 0 Å². The molecule has 9 heteroatoms. The highest BCUT2D eigenvalue weighted by atomic mass is 32.1. The second-order valence-corrected chi connectivity index (χ2v) is 6.35. The minimum absolute atomic E-state index is 0.0111. The summed E-state index contributed by atoms with van der Waals surface area (Å²) in [4.78, 5) is 33.8.